The lowest BCUT2D eigenvalue weighted by molar-refractivity contribution is -0.214. The Morgan fingerprint density at radius 3 is 2.26 bits per heavy atom. The molecule has 1 N–H and O–H groups in total. The van der Waals surface area contributed by atoms with Gasteiger partial charge >= 0.3 is 11.9 Å². The first-order valence-corrected chi connectivity index (χ1v) is 15.9. The maximum absolute atomic E-state index is 12.9. The maximum Gasteiger partial charge on any atom is 0.339 e. The number of hydrogen-bond acceptors (Lipinski definition) is 3. The predicted octanol–water partition coefficient (Wildman–Crippen LogP) is 8.44. The van der Waals surface area contributed by atoms with E-state index in [1.807, 2.05) is 0 Å². The molecular formula is C32H48Cl2O4. The summed E-state index contributed by atoms with van der Waals surface area (Å²) in [5.41, 5.74) is 0.951. The fourth-order valence-corrected chi connectivity index (χ4v) is 11.3. The second-order valence-corrected chi connectivity index (χ2v) is 16.3. The van der Waals surface area contributed by atoms with E-state index in [1.54, 1.807) is 0 Å². The van der Waals surface area contributed by atoms with Crippen molar-refractivity contribution >= 4 is 35.1 Å². The molecule has 4 nitrogen and oxygen atoms in total. The van der Waals surface area contributed by atoms with Crippen LogP contribution in [-0.2, 0) is 14.3 Å². The van der Waals surface area contributed by atoms with Gasteiger partial charge < -0.3 is 9.84 Å². The van der Waals surface area contributed by atoms with Gasteiger partial charge in [0.1, 0.15) is 6.10 Å². The monoisotopic (exact) mass is 566 g/mol. The molecule has 0 spiro atoms. The number of carbonyl (C=O) groups excluding carboxylic acids is 1. The number of carboxylic acids is 1. The number of aliphatic carboxylic acids is 1. The quantitative estimate of drug-likeness (QED) is 0.211. The molecule has 4 saturated carbocycles. The zero-order chi connectivity index (χ0) is 28.1. The zero-order valence-corrected chi connectivity index (χ0v) is 25.9. The van der Waals surface area contributed by atoms with E-state index < -0.39 is 22.2 Å². The minimum Gasteiger partial charge on any atom is -0.481 e. The molecule has 0 radical (unpaired) electrons. The van der Waals surface area contributed by atoms with Crippen LogP contribution in [0.2, 0.25) is 0 Å². The summed E-state index contributed by atoms with van der Waals surface area (Å²) in [6.07, 6.45) is 11.0. The summed E-state index contributed by atoms with van der Waals surface area (Å²) < 4.78 is 5.87. The standard InChI is InChI=1S/C32H48Cl2O4/c1-18-10-15-32(27(36)37)17-16-30(6)20(24(32)19(18)2)8-9-22-29(5)13-12-23(38-26(35)25(33)34)28(3,4)21(29)11-14-31(22,30)7/h8,18-19,21-25H,9-17H2,1-7H3,(H,36,37)/t18-,19+,21+,22-,23+,24+,29+,30-,31-,32+/m1/s1. The van der Waals surface area contributed by atoms with E-state index in [9.17, 15) is 14.7 Å². The van der Waals surface area contributed by atoms with Crippen LogP contribution in [0.4, 0.5) is 0 Å². The number of carboxylic acid groups (broad SMARTS) is 1. The second-order valence-electron chi connectivity index (χ2n) is 15.2. The third-order valence-electron chi connectivity index (χ3n) is 13.8. The van der Waals surface area contributed by atoms with Gasteiger partial charge in [0, 0.05) is 5.41 Å². The predicted molar refractivity (Wildman–Crippen MR) is 152 cm³/mol. The lowest BCUT2D eigenvalue weighted by Gasteiger charge is -2.71. The van der Waals surface area contributed by atoms with Gasteiger partial charge in [0.2, 0.25) is 4.84 Å². The third-order valence-corrected chi connectivity index (χ3v) is 14.1. The van der Waals surface area contributed by atoms with Crippen LogP contribution in [0, 0.1) is 56.7 Å². The normalized spacial score (nSPS) is 49.6. The van der Waals surface area contributed by atoms with E-state index in [-0.39, 0.29) is 33.7 Å². The highest BCUT2D eigenvalue weighted by atomic mass is 35.5. The van der Waals surface area contributed by atoms with Crippen LogP contribution in [0.25, 0.3) is 0 Å². The highest BCUT2D eigenvalue weighted by Gasteiger charge is 2.69. The molecule has 0 aromatic carbocycles. The van der Waals surface area contributed by atoms with E-state index in [1.165, 1.54) is 5.57 Å². The Hall–Kier alpha value is -0.740. The Morgan fingerprint density at radius 2 is 1.63 bits per heavy atom. The minimum atomic E-state index is -1.15. The number of alkyl halides is 2. The summed E-state index contributed by atoms with van der Waals surface area (Å²) in [5, 5.41) is 10.6. The van der Waals surface area contributed by atoms with Crippen LogP contribution < -0.4 is 0 Å². The molecular weight excluding hydrogens is 519 g/mol. The smallest absolute Gasteiger partial charge is 0.339 e. The van der Waals surface area contributed by atoms with Crippen molar-refractivity contribution in [1.82, 2.24) is 0 Å². The molecule has 0 heterocycles. The average molecular weight is 568 g/mol. The summed E-state index contributed by atoms with van der Waals surface area (Å²) in [6.45, 7) is 16.7. The van der Waals surface area contributed by atoms with Crippen molar-refractivity contribution in [3.8, 4) is 0 Å². The summed E-state index contributed by atoms with van der Waals surface area (Å²) in [6, 6.07) is 0. The molecule has 0 amide bonds. The van der Waals surface area contributed by atoms with E-state index in [0.717, 1.165) is 57.8 Å². The van der Waals surface area contributed by atoms with Crippen LogP contribution >= 0.6 is 23.2 Å². The number of esters is 1. The molecule has 4 fully saturated rings. The first kappa shape index (κ1) is 28.8. The molecule has 0 aromatic rings. The fraction of sp³-hybridized carbons (Fsp3) is 0.875. The summed E-state index contributed by atoms with van der Waals surface area (Å²) in [7, 11) is 0. The Kier molecular flexibility index (Phi) is 6.92. The van der Waals surface area contributed by atoms with Crippen molar-refractivity contribution in [3.05, 3.63) is 11.6 Å². The summed E-state index contributed by atoms with van der Waals surface area (Å²) >= 11 is 11.7. The lowest BCUT2D eigenvalue weighted by Crippen LogP contribution is -2.65. The highest BCUT2D eigenvalue weighted by molar-refractivity contribution is 6.52. The van der Waals surface area contributed by atoms with Gasteiger partial charge in [-0.05, 0) is 104 Å². The Balaban J connectivity index is 1.53. The van der Waals surface area contributed by atoms with Gasteiger partial charge in [0.25, 0.3) is 0 Å². The fourth-order valence-electron chi connectivity index (χ4n) is 11.2. The van der Waals surface area contributed by atoms with Crippen LogP contribution in [0.1, 0.15) is 106 Å². The van der Waals surface area contributed by atoms with Crippen molar-refractivity contribution in [2.75, 3.05) is 0 Å². The van der Waals surface area contributed by atoms with E-state index in [2.05, 4.69) is 54.5 Å². The molecule has 6 heteroatoms. The van der Waals surface area contributed by atoms with Crippen molar-refractivity contribution < 1.29 is 19.4 Å². The van der Waals surface area contributed by atoms with Gasteiger partial charge in [-0.3, -0.25) is 4.79 Å². The largest absolute Gasteiger partial charge is 0.481 e. The van der Waals surface area contributed by atoms with Gasteiger partial charge in [-0.1, -0.05) is 83.3 Å². The molecule has 0 unspecified atom stereocenters. The lowest BCUT2D eigenvalue weighted by atomic mass is 9.33. The molecule has 214 valence electrons. The molecule has 0 aromatic heterocycles. The van der Waals surface area contributed by atoms with Gasteiger partial charge in [0.15, 0.2) is 0 Å². The number of rotatable bonds is 3. The van der Waals surface area contributed by atoms with Crippen LogP contribution in [-0.4, -0.2) is 28.0 Å². The second kappa shape index (κ2) is 9.13. The molecule has 5 rings (SSSR count). The van der Waals surface area contributed by atoms with Crippen molar-refractivity contribution in [3.63, 3.8) is 0 Å². The maximum atomic E-state index is 12.9. The summed E-state index contributed by atoms with van der Waals surface area (Å²) in [5.74, 6) is 0.907. The van der Waals surface area contributed by atoms with Crippen LogP contribution in [0.15, 0.2) is 11.6 Å². The van der Waals surface area contributed by atoms with Crippen molar-refractivity contribution in [1.29, 1.82) is 0 Å². The molecule has 0 aliphatic heterocycles. The third kappa shape index (κ3) is 3.67. The van der Waals surface area contributed by atoms with E-state index >= 15 is 0 Å². The number of allylic oxidation sites excluding steroid dienone is 2. The van der Waals surface area contributed by atoms with Crippen molar-refractivity contribution in [2.24, 2.45) is 56.7 Å². The van der Waals surface area contributed by atoms with Crippen molar-refractivity contribution in [2.45, 2.75) is 117 Å². The van der Waals surface area contributed by atoms with Gasteiger partial charge in [-0.15, -0.1) is 0 Å². The topological polar surface area (TPSA) is 63.6 Å². The average Bonchev–Trinajstić information content (AvgIpc) is 2.83. The molecule has 5 aliphatic rings. The number of fused-ring (bicyclic) bond motifs is 7. The highest BCUT2D eigenvalue weighted by Crippen LogP contribution is 2.75. The Bertz CT molecular complexity index is 1040. The number of hydrogen-bond donors (Lipinski definition) is 1. The molecule has 5 aliphatic carbocycles. The zero-order valence-electron chi connectivity index (χ0n) is 24.4. The summed E-state index contributed by atoms with van der Waals surface area (Å²) in [4.78, 5) is 24.1. The first-order chi connectivity index (χ1) is 17.6. The Morgan fingerprint density at radius 1 is 0.947 bits per heavy atom. The molecule has 0 saturated heterocycles. The molecule has 38 heavy (non-hydrogen) atoms. The van der Waals surface area contributed by atoms with Gasteiger partial charge in [-0.2, -0.15) is 0 Å². The van der Waals surface area contributed by atoms with Gasteiger partial charge in [-0.25, -0.2) is 4.79 Å². The number of carbonyl (C=O) groups is 2. The SMILES string of the molecule is C[C@H]1[C@H](C)CC[C@]2(C(=O)O)CC[C@]3(C)C(=CC[C@@H]4[C@@]5(C)CC[C@H](OC(=O)C(Cl)Cl)C(C)(C)[C@@H]5CC[C@]43C)[C@H]12. The van der Waals surface area contributed by atoms with Crippen LogP contribution in [0.5, 0.6) is 0 Å². The Labute approximate surface area is 239 Å². The van der Waals surface area contributed by atoms with Crippen LogP contribution in [0.3, 0.4) is 0 Å². The number of ether oxygens (including phenoxy) is 1. The van der Waals surface area contributed by atoms with E-state index in [4.69, 9.17) is 27.9 Å². The van der Waals surface area contributed by atoms with E-state index in [0.29, 0.717) is 23.7 Å². The molecule has 0 bridgehead atoms. The first-order valence-electron chi connectivity index (χ1n) is 15.0. The number of halogens is 2. The molecule has 10 atom stereocenters. The van der Waals surface area contributed by atoms with Gasteiger partial charge in [0.05, 0.1) is 5.41 Å². The minimum absolute atomic E-state index is 0.0107.